The Balaban J connectivity index is 1.92. The number of rotatable bonds is 10. The van der Waals surface area contributed by atoms with E-state index in [4.69, 9.17) is 23.4 Å². The number of nitrogens with zero attached hydrogens (tertiary/aromatic N) is 2. The molecular formula is C30H33BrN2O12. The monoisotopic (exact) mass is 692 g/mol. The molecule has 2 aromatic carbocycles. The number of non-ortho nitro benzene ring substituents is 1. The largest absolute Gasteiger partial charge is 0.514 e. The smallest absolute Gasteiger partial charge is 0.506 e. The van der Waals surface area contributed by atoms with Crippen molar-refractivity contribution in [3.8, 4) is 11.5 Å². The highest BCUT2D eigenvalue weighted by atomic mass is 79.9. The number of hydrogen-bond donors (Lipinski definition) is 1. The Kier molecular flexibility index (Phi) is 10.9. The maximum atomic E-state index is 12.7. The number of phenols is 1. The molecule has 0 radical (unpaired) electrons. The summed E-state index contributed by atoms with van der Waals surface area (Å²) in [6, 6.07) is 7.28. The van der Waals surface area contributed by atoms with E-state index in [0.717, 1.165) is 18.2 Å². The van der Waals surface area contributed by atoms with Crippen molar-refractivity contribution in [2.75, 3.05) is 13.1 Å². The Morgan fingerprint density at radius 3 is 2.04 bits per heavy atom. The van der Waals surface area contributed by atoms with Crippen molar-refractivity contribution < 1.29 is 47.8 Å². The molecule has 0 aliphatic heterocycles. The molecule has 14 nitrogen and oxygen atoms in total. The molecule has 3 rings (SSSR count). The first-order valence-corrected chi connectivity index (χ1v) is 14.3. The minimum atomic E-state index is -1.15. The molecule has 0 aliphatic rings. The number of esters is 2. The fraction of sp³-hybridized carbons (Fsp3) is 0.400. The first-order valence-electron chi connectivity index (χ1n) is 13.5. The standard InChI is InChI=1S/C30H33BrN2O12/c1-29(2,3)44-24(35)14-32(15-25(36)45-30(4,5)6)13-21-26(37)22(31)12-20-17(11-23(34)43-27(20)21)16-41-28(38)42-19-9-7-18(8-10-19)33(39)40/h7-12,37H,13-16H2,1-6H3. The molecule has 0 fully saturated rings. The average Bonchev–Trinajstić information content (AvgIpc) is 2.88. The van der Waals surface area contributed by atoms with Gasteiger partial charge in [0.2, 0.25) is 0 Å². The maximum Gasteiger partial charge on any atom is 0.514 e. The number of nitro benzene ring substituents is 1. The van der Waals surface area contributed by atoms with Crippen LogP contribution in [0.15, 0.2) is 50.1 Å². The highest BCUT2D eigenvalue weighted by molar-refractivity contribution is 9.10. The second-order valence-corrected chi connectivity index (χ2v) is 12.7. The van der Waals surface area contributed by atoms with E-state index in [0.29, 0.717) is 0 Å². The van der Waals surface area contributed by atoms with Crippen molar-refractivity contribution in [1.82, 2.24) is 4.90 Å². The Morgan fingerprint density at radius 2 is 1.53 bits per heavy atom. The lowest BCUT2D eigenvalue weighted by Crippen LogP contribution is -2.39. The molecule has 0 bridgehead atoms. The molecule has 45 heavy (non-hydrogen) atoms. The van der Waals surface area contributed by atoms with Gasteiger partial charge in [0, 0.05) is 35.7 Å². The lowest BCUT2D eigenvalue weighted by molar-refractivity contribution is -0.384. The molecule has 0 amide bonds. The third-order valence-electron chi connectivity index (χ3n) is 5.66. The van der Waals surface area contributed by atoms with E-state index < -0.39 is 46.5 Å². The van der Waals surface area contributed by atoms with Crippen LogP contribution >= 0.6 is 15.9 Å². The van der Waals surface area contributed by atoms with Crippen LogP contribution in [0, 0.1) is 10.1 Å². The molecule has 3 aromatic rings. The van der Waals surface area contributed by atoms with Crippen LogP contribution in [0.5, 0.6) is 11.5 Å². The molecule has 0 atom stereocenters. The Morgan fingerprint density at radius 1 is 0.978 bits per heavy atom. The summed E-state index contributed by atoms with van der Waals surface area (Å²) in [7, 11) is 0. The molecule has 0 spiro atoms. The highest BCUT2D eigenvalue weighted by Gasteiger charge is 2.27. The van der Waals surface area contributed by atoms with Gasteiger partial charge in [0.15, 0.2) is 0 Å². The first-order chi connectivity index (χ1) is 20.8. The fourth-order valence-corrected chi connectivity index (χ4v) is 4.52. The van der Waals surface area contributed by atoms with Gasteiger partial charge in [-0.15, -0.1) is 0 Å². The zero-order valence-corrected chi connectivity index (χ0v) is 27.1. The van der Waals surface area contributed by atoms with Gasteiger partial charge in [-0.3, -0.25) is 24.6 Å². The molecule has 0 saturated carbocycles. The lowest BCUT2D eigenvalue weighted by atomic mass is 10.0. The van der Waals surface area contributed by atoms with Crippen molar-refractivity contribution in [3.63, 3.8) is 0 Å². The number of benzene rings is 2. The number of carbonyl (C=O) groups is 3. The minimum absolute atomic E-state index is 0.00643. The molecule has 0 saturated heterocycles. The number of phenolic OH excluding ortho intramolecular Hbond substituents is 1. The van der Waals surface area contributed by atoms with Crippen molar-refractivity contribution in [2.45, 2.75) is 65.9 Å². The predicted octanol–water partition coefficient (Wildman–Crippen LogP) is 5.37. The van der Waals surface area contributed by atoms with E-state index >= 15 is 0 Å². The number of fused-ring (bicyclic) bond motifs is 1. The van der Waals surface area contributed by atoms with Gasteiger partial charge in [-0.25, -0.2) is 9.59 Å². The fourth-order valence-electron chi connectivity index (χ4n) is 4.05. The molecule has 1 heterocycles. The third-order valence-corrected chi connectivity index (χ3v) is 6.27. The molecular weight excluding hydrogens is 660 g/mol. The lowest BCUT2D eigenvalue weighted by Gasteiger charge is -2.26. The highest BCUT2D eigenvalue weighted by Crippen LogP contribution is 2.37. The third kappa shape index (κ3) is 10.6. The number of carbonyl (C=O) groups excluding carboxylic acids is 3. The summed E-state index contributed by atoms with van der Waals surface area (Å²) in [5, 5.41) is 22.1. The van der Waals surface area contributed by atoms with E-state index in [2.05, 4.69) is 15.9 Å². The first kappa shape index (κ1) is 35.0. The van der Waals surface area contributed by atoms with Crippen LogP contribution in [0.25, 0.3) is 11.0 Å². The number of ether oxygens (including phenoxy) is 4. The predicted molar refractivity (Wildman–Crippen MR) is 163 cm³/mol. The van der Waals surface area contributed by atoms with E-state index in [1.54, 1.807) is 41.5 Å². The molecule has 1 N–H and O–H groups in total. The number of halogens is 1. The summed E-state index contributed by atoms with van der Waals surface area (Å²) in [4.78, 5) is 62.0. The Labute approximate surface area is 266 Å². The van der Waals surface area contributed by atoms with Gasteiger partial charge in [0.05, 0.1) is 28.0 Å². The maximum absolute atomic E-state index is 12.7. The van der Waals surface area contributed by atoms with Crippen LogP contribution in [0.2, 0.25) is 0 Å². The van der Waals surface area contributed by atoms with Crippen molar-refractivity contribution >= 4 is 50.7 Å². The summed E-state index contributed by atoms with van der Waals surface area (Å²) >= 11 is 3.28. The minimum Gasteiger partial charge on any atom is -0.506 e. The number of aromatic hydroxyl groups is 1. The normalized spacial score (nSPS) is 11.7. The second kappa shape index (κ2) is 14.1. The van der Waals surface area contributed by atoms with Crippen LogP contribution in [-0.4, -0.2) is 57.3 Å². The van der Waals surface area contributed by atoms with E-state index in [1.807, 2.05) is 0 Å². The van der Waals surface area contributed by atoms with E-state index in [-0.39, 0.29) is 63.4 Å². The summed E-state index contributed by atoms with van der Waals surface area (Å²) in [6.07, 6.45) is -1.15. The zero-order valence-electron chi connectivity index (χ0n) is 25.5. The van der Waals surface area contributed by atoms with Gasteiger partial charge in [-0.2, -0.15) is 0 Å². The summed E-state index contributed by atoms with van der Waals surface area (Å²) < 4.78 is 26.7. The van der Waals surface area contributed by atoms with Crippen molar-refractivity contribution in [3.05, 3.63) is 72.5 Å². The van der Waals surface area contributed by atoms with E-state index in [1.165, 1.54) is 23.1 Å². The quantitative estimate of drug-likeness (QED) is 0.0714. The Bertz CT molecular complexity index is 1620. The summed E-state index contributed by atoms with van der Waals surface area (Å²) in [5.74, 6) is -1.62. The van der Waals surface area contributed by atoms with Crippen molar-refractivity contribution in [2.24, 2.45) is 0 Å². The molecule has 15 heteroatoms. The van der Waals surface area contributed by atoms with Gasteiger partial charge in [-0.1, -0.05) is 0 Å². The molecule has 0 unspecified atom stereocenters. The molecule has 0 aliphatic carbocycles. The van der Waals surface area contributed by atoms with Gasteiger partial charge in [0.25, 0.3) is 5.69 Å². The van der Waals surface area contributed by atoms with Crippen molar-refractivity contribution in [1.29, 1.82) is 0 Å². The topological polar surface area (TPSA) is 185 Å². The van der Waals surface area contributed by atoms with Crippen LogP contribution in [0.4, 0.5) is 10.5 Å². The van der Waals surface area contributed by atoms with E-state index in [9.17, 15) is 34.4 Å². The van der Waals surface area contributed by atoms with Crippen LogP contribution in [0.1, 0.15) is 52.7 Å². The summed E-state index contributed by atoms with van der Waals surface area (Å²) in [6.45, 7) is 8.70. The number of nitro groups is 1. The van der Waals surface area contributed by atoms with Crippen LogP contribution in [0.3, 0.4) is 0 Å². The van der Waals surface area contributed by atoms with Crippen LogP contribution < -0.4 is 10.4 Å². The Hall–Kier alpha value is -4.50. The van der Waals surface area contributed by atoms with Gasteiger partial charge in [-0.05, 0) is 75.7 Å². The van der Waals surface area contributed by atoms with Gasteiger partial charge in [0.1, 0.15) is 34.9 Å². The number of hydrogen-bond acceptors (Lipinski definition) is 13. The SMILES string of the molecule is CC(C)(C)OC(=O)CN(CC(=O)OC(C)(C)C)Cc1c(O)c(Br)cc2c(COC(=O)Oc3ccc([N+](=O)[O-])cc3)cc(=O)oc12. The molecule has 242 valence electrons. The van der Waals surface area contributed by atoms with Gasteiger partial charge < -0.3 is 28.5 Å². The zero-order chi connectivity index (χ0) is 33.7. The summed E-state index contributed by atoms with van der Waals surface area (Å²) in [5.41, 5.74) is -2.48. The van der Waals surface area contributed by atoms with Crippen LogP contribution in [-0.2, 0) is 37.0 Å². The average molecular weight is 694 g/mol. The second-order valence-electron chi connectivity index (χ2n) is 11.9. The van der Waals surface area contributed by atoms with Gasteiger partial charge >= 0.3 is 23.7 Å². The molecule has 1 aromatic heterocycles.